The van der Waals surface area contributed by atoms with E-state index in [-0.39, 0.29) is 5.91 Å². The molecule has 1 aliphatic rings. The first-order valence-corrected chi connectivity index (χ1v) is 6.75. The quantitative estimate of drug-likeness (QED) is 0.717. The van der Waals surface area contributed by atoms with Crippen molar-refractivity contribution < 1.29 is 4.79 Å². The van der Waals surface area contributed by atoms with Gasteiger partial charge in [-0.2, -0.15) is 0 Å². The van der Waals surface area contributed by atoms with Gasteiger partial charge in [0.15, 0.2) is 0 Å². The smallest absolute Gasteiger partial charge is 0.256 e. The molecule has 3 nitrogen and oxygen atoms in total. The van der Waals surface area contributed by atoms with Crippen LogP contribution in [-0.2, 0) is 13.1 Å². The van der Waals surface area contributed by atoms with Gasteiger partial charge in [0.1, 0.15) is 0 Å². The molecular formula is C17H14N2O. The van der Waals surface area contributed by atoms with Gasteiger partial charge in [-0.05, 0) is 17.2 Å². The van der Waals surface area contributed by atoms with E-state index in [4.69, 9.17) is 0 Å². The highest BCUT2D eigenvalue weighted by atomic mass is 16.2. The topological polar surface area (TPSA) is 36.1 Å². The molecule has 0 fully saturated rings. The second kappa shape index (κ2) is 4.23. The zero-order valence-electron chi connectivity index (χ0n) is 11.0. The first-order chi connectivity index (χ1) is 9.83. The Bertz CT molecular complexity index is 778. The summed E-state index contributed by atoms with van der Waals surface area (Å²) in [6.45, 7) is 1.41. The number of nitrogens with one attached hydrogen (secondary N) is 1. The van der Waals surface area contributed by atoms with E-state index < -0.39 is 0 Å². The summed E-state index contributed by atoms with van der Waals surface area (Å²) in [5.74, 6) is 0.0960. The maximum atomic E-state index is 12.7. The largest absolute Gasteiger partial charge is 0.360 e. The van der Waals surface area contributed by atoms with Crippen LogP contribution in [0.15, 0.2) is 54.7 Å². The molecule has 2 aromatic carbocycles. The van der Waals surface area contributed by atoms with E-state index in [1.54, 1.807) is 0 Å². The Balaban J connectivity index is 1.69. The van der Waals surface area contributed by atoms with E-state index in [0.717, 1.165) is 16.5 Å². The van der Waals surface area contributed by atoms with Crippen LogP contribution in [0.25, 0.3) is 10.9 Å². The van der Waals surface area contributed by atoms with Crippen LogP contribution in [0.4, 0.5) is 0 Å². The maximum absolute atomic E-state index is 12.7. The summed E-state index contributed by atoms with van der Waals surface area (Å²) >= 11 is 0. The Hall–Kier alpha value is -2.55. The number of hydrogen-bond acceptors (Lipinski definition) is 1. The third-order valence-electron chi connectivity index (χ3n) is 3.95. The van der Waals surface area contributed by atoms with Crippen LogP contribution < -0.4 is 0 Å². The molecule has 2 heterocycles. The van der Waals surface area contributed by atoms with Gasteiger partial charge < -0.3 is 9.88 Å². The van der Waals surface area contributed by atoms with Gasteiger partial charge >= 0.3 is 0 Å². The summed E-state index contributed by atoms with van der Waals surface area (Å²) in [5, 5.41) is 0.994. The van der Waals surface area contributed by atoms with Crippen molar-refractivity contribution in [2.45, 2.75) is 13.1 Å². The van der Waals surface area contributed by atoms with Gasteiger partial charge in [0.25, 0.3) is 5.91 Å². The highest BCUT2D eigenvalue weighted by Gasteiger charge is 2.25. The molecule has 1 aromatic heterocycles. The Morgan fingerprint density at radius 3 is 2.35 bits per heavy atom. The van der Waals surface area contributed by atoms with E-state index >= 15 is 0 Å². The molecule has 3 aromatic rings. The van der Waals surface area contributed by atoms with Crippen LogP contribution in [0.3, 0.4) is 0 Å². The molecule has 98 valence electrons. The van der Waals surface area contributed by atoms with Crippen molar-refractivity contribution in [3.8, 4) is 0 Å². The number of aromatic amines is 1. The second-order valence-electron chi connectivity index (χ2n) is 5.18. The van der Waals surface area contributed by atoms with Crippen LogP contribution >= 0.6 is 0 Å². The van der Waals surface area contributed by atoms with Crippen molar-refractivity contribution in [2.24, 2.45) is 0 Å². The average molecular weight is 262 g/mol. The number of fused-ring (bicyclic) bond motifs is 2. The Morgan fingerprint density at radius 2 is 1.60 bits per heavy atom. The normalized spacial score (nSPS) is 13.7. The van der Waals surface area contributed by atoms with Crippen LogP contribution in [0.2, 0.25) is 0 Å². The fourth-order valence-corrected chi connectivity index (χ4v) is 2.90. The number of benzene rings is 2. The summed E-state index contributed by atoms with van der Waals surface area (Å²) in [6, 6.07) is 16.2. The molecule has 1 amide bonds. The SMILES string of the molecule is O=C(c1c[nH]c2ccccc12)N1Cc2ccccc2C1. The lowest BCUT2D eigenvalue weighted by molar-refractivity contribution is 0.0753. The van der Waals surface area contributed by atoms with Crippen molar-refractivity contribution in [3.63, 3.8) is 0 Å². The number of carbonyl (C=O) groups excluding carboxylic acids is 1. The van der Waals surface area contributed by atoms with Crippen LogP contribution in [0.1, 0.15) is 21.5 Å². The van der Waals surface area contributed by atoms with Crippen LogP contribution in [0.5, 0.6) is 0 Å². The van der Waals surface area contributed by atoms with Crippen molar-refractivity contribution in [3.05, 3.63) is 71.4 Å². The number of nitrogens with zero attached hydrogens (tertiary/aromatic N) is 1. The monoisotopic (exact) mass is 262 g/mol. The van der Waals surface area contributed by atoms with Crippen molar-refractivity contribution in [1.82, 2.24) is 9.88 Å². The van der Waals surface area contributed by atoms with Crippen LogP contribution in [-0.4, -0.2) is 15.8 Å². The summed E-state index contributed by atoms with van der Waals surface area (Å²) < 4.78 is 0. The van der Waals surface area contributed by atoms with E-state index in [9.17, 15) is 4.79 Å². The molecule has 0 atom stereocenters. The fourth-order valence-electron chi connectivity index (χ4n) is 2.90. The van der Waals surface area contributed by atoms with E-state index in [1.807, 2.05) is 47.5 Å². The molecule has 1 N–H and O–H groups in total. The highest BCUT2D eigenvalue weighted by molar-refractivity contribution is 6.06. The van der Waals surface area contributed by atoms with Gasteiger partial charge in [-0.15, -0.1) is 0 Å². The number of H-pyrrole nitrogens is 1. The number of carbonyl (C=O) groups is 1. The van der Waals surface area contributed by atoms with Crippen LogP contribution in [0, 0.1) is 0 Å². The highest BCUT2D eigenvalue weighted by Crippen LogP contribution is 2.26. The third-order valence-corrected chi connectivity index (χ3v) is 3.95. The molecule has 0 saturated carbocycles. The number of para-hydroxylation sites is 1. The predicted molar refractivity (Wildman–Crippen MR) is 78.3 cm³/mol. The Morgan fingerprint density at radius 1 is 0.950 bits per heavy atom. The first kappa shape index (κ1) is 11.3. The minimum absolute atomic E-state index is 0.0960. The van der Waals surface area contributed by atoms with Gasteiger partial charge in [0.2, 0.25) is 0 Å². The average Bonchev–Trinajstić information content (AvgIpc) is 3.10. The molecule has 0 saturated heterocycles. The summed E-state index contributed by atoms with van der Waals surface area (Å²) in [6.07, 6.45) is 1.82. The molecule has 1 aliphatic heterocycles. The second-order valence-corrected chi connectivity index (χ2v) is 5.18. The minimum atomic E-state index is 0.0960. The molecule has 20 heavy (non-hydrogen) atoms. The molecule has 0 spiro atoms. The first-order valence-electron chi connectivity index (χ1n) is 6.75. The summed E-state index contributed by atoms with van der Waals surface area (Å²) in [5.41, 5.74) is 4.27. The molecule has 3 heteroatoms. The lowest BCUT2D eigenvalue weighted by atomic mass is 10.1. The van der Waals surface area contributed by atoms with E-state index in [1.165, 1.54) is 11.1 Å². The molecular weight excluding hydrogens is 248 g/mol. The lowest BCUT2D eigenvalue weighted by Crippen LogP contribution is -2.25. The van der Waals surface area contributed by atoms with Crippen molar-refractivity contribution in [2.75, 3.05) is 0 Å². The Kier molecular flexibility index (Phi) is 2.39. The Labute approximate surface area is 116 Å². The van der Waals surface area contributed by atoms with Crippen molar-refractivity contribution in [1.29, 1.82) is 0 Å². The fraction of sp³-hybridized carbons (Fsp3) is 0.118. The standard InChI is InChI=1S/C17H14N2O/c20-17(15-9-18-16-8-4-3-7-14(15)16)19-10-12-5-1-2-6-13(12)11-19/h1-9,18H,10-11H2. The molecule has 0 bridgehead atoms. The summed E-state index contributed by atoms with van der Waals surface area (Å²) in [4.78, 5) is 17.8. The molecule has 0 aliphatic carbocycles. The lowest BCUT2D eigenvalue weighted by Gasteiger charge is -2.14. The third kappa shape index (κ3) is 1.63. The summed E-state index contributed by atoms with van der Waals surface area (Å²) in [7, 11) is 0. The van der Waals surface area contributed by atoms with E-state index in [2.05, 4.69) is 17.1 Å². The zero-order chi connectivity index (χ0) is 13.5. The van der Waals surface area contributed by atoms with Gasteiger partial charge in [0, 0.05) is 30.2 Å². The predicted octanol–water partition coefficient (Wildman–Crippen LogP) is 3.32. The van der Waals surface area contributed by atoms with Crippen molar-refractivity contribution >= 4 is 16.8 Å². The maximum Gasteiger partial charge on any atom is 0.256 e. The number of hydrogen-bond donors (Lipinski definition) is 1. The molecule has 0 unspecified atom stereocenters. The van der Waals surface area contributed by atoms with Gasteiger partial charge in [-0.3, -0.25) is 4.79 Å². The van der Waals surface area contributed by atoms with E-state index in [0.29, 0.717) is 13.1 Å². The van der Waals surface area contributed by atoms with Gasteiger partial charge in [0.05, 0.1) is 5.56 Å². The molecule has 0 radical (unpaired) electrons. The molecule has 4 rings (SSSR count). The number of aromatic nitrogens is 1. The minimum Gasteiger partial charge on any atom is -0.360 e. The van der Waals surface area contributed by atoms with Gasteiger partial charge in [-0.25, -0.2) is 0 Å². The van der Waals surface area contributed by atoms with Gasteiger partial charge in [-0.1, -0.05) is 42.5 Å². The number of amides is 1. The zero-order valence-corrected chi connectivity index (χ0v) is 11.0. The number of rotatable bonds is 1.